The Morgan fingerprint density at radius 3 is 0.900 bits per heavy atom. The van der Waals surface area contributed by atoms with Crippen molar-refractivity contribution in [3.8, 4) is 0 Å². The first-order valence-corrected chi connectivity index (χ1v) is 1.84. The summed E-state index contributed by atoms with van der Waals surface area (Å²) in [6.45, 7) is 0. The molecule has 0 saturated heterocycles. The molecule has 10 heteroatoms. The second kappa shape index (κ2) is 37.7. The molecule has 10 heavy (non-hydrogen) atoms. The summed E-state index contributed by atoms with van der Waals surface area (Å²) in [6, 6.07) is 0. The van der Waals surface area contributed by atoms with E-state index in [1.165, 1.54) is 0 Å². The Morgan fingerprint density at radius 2 is 0.900 bits per heavy atom. The minimum atomic E-state index is -3.63. The van der Waals surface area contributed by atoms with Crippen LogP contribution in [0.3, 0.4) is 0 Å². The molecule has 0 saturated carbocycles. The van der Waals surface area contributed by atoms with Crippen molar-refractivity contribution in [2.24, 2.45) is 0 Å². The van der Waals surface area contributed by atoms with Crippen LogP contribution in [0.2, 0.25) is 0 Å². The van der Waals surface area contributed by atoms with Crippen LogP contribution in [0, 0.1) is 0 Å². The number of hydrogen-bond donors (Lipinski definition) is 0. The Morgan fingerprint density at radius 1 is 0.900 bits per heavy atom. The molecule has 0 aromatic rings. The predicted molar refractivity (Wildman–Crippen MR) is 37.8 cm³/mol. The SMILES string of the molecule is O=[Si]([O-])[O-].[Li+].[Li+].[MgH2].[MgH2].[NaH].[NaH]. The average molecular weight is 191 g/mol. The van der Waals surface area contributed by atoms with Gasteiger partial charge >= 0.3 is 143 Å². The summed E-state index contributed by atoms with van der Waals surface area (Å²) in [6.07, 6.45) is 0. The first-order chi connectivity index (χ1) is 1.73. The predicted octanol–water partition coefficient (Wildman–Crippen LogP) is -12.0. The van der Waals surface area contributed by atoms with Crippen LogP contribution in [0.1, 0.15) is 0 Å². The van der Waals surface area contributed by atoms with Crippen molar-refractivity contribution >= 4 is 114 Å². The fourth-order valence-electron chi connectivity index (χ4n) is 0. The number of rotatable bonds is 0. The van der Waals surface area contributed by atoms with Gasteiger partial charge in [-0.05, 0) is 0 Å². The van der Waals surface area contributed by atoms with Gasteiger partial charge in [-0.25, -0.2) is 0 Å². The Hall–Kier alpha value is 4.34. The molecule has 0 aliphatic carbocycles. The summed E-state index contributed by atoms with van der Waals surface area (Å²) < 4.78 is 8.52. The van der Waals surface area contributed by atoms with E-state index in [0.29, 0.717) is 0 Å². The molecule has 0 spiro atoms. The zero-order chi connectivity index (χ0) is 3.58. The van der Waals surface area contributed by atoms with E-state index in [9.17, 15) is 0 Å². The number of hydrogen-bond acceptors (Lipinski definition) is 3. The molecule has 0 bridgehead atoms. The summed E-state index contributed by atoms with van der Waals surface area (Å²) >= 11 is 0. The first kappa shape index (κ1) is 47.4. The molecule has 0 fully saturated rings. The molecular weight excluding hydrogens is 185 g/mol. The standard InChI is InChI=1S/2Li.2Mg.2Na.O3Si.6H/c;;;;;;1-4(2)3;;;;;;/q2*+1;;;;;-2;;;;;;. The summed E-state index contributed by atoms with van der Waals surface area (Å²) in [7, 11) is -3.63. The van der Waals surface area contributed by atoms with Gasteiger partial charge in [-0.3, -0.25) is 0 Å². The van der Waals surface area contributed by atoms with Crippen LogP contribution in [-0.4, -0.2) is 114 Å². The van der Waals surface area contributed by atoms with Gasteiger partial charge in [-0.2, -0.15) is 0 Å². The Balaban J connectivity index is -0.00000000300. The van der Waals surface area contributed by atoms with Gasteiger partial charge in [-0.15, -0.1) is 0 Å². The van der Waals surface area contributed by atoms with Gasteiger partial charge in [0.25, 0.3) is 0 Å². The van der Waals surface area contributed by atoms with Crippen molar-refractivity contribution in [3.63, 3.8) is 0 Å². The average Bonchev–Trinajstić information content (AvgIpc) is 0.811. The fourth-order valence-corrected chi connectivity index (χ4v) is 0. The Bertz CT molecular complexity index is 45.5. The van der Waals surface area contributed by atoms with Crippen LogP contribution in [0.15, 0.2) is 0 Å². The molecule has 0 heterocycles. The second-order valence-electron chi connectivity index (χ2n) is 0.250. The molecule has 3 nitrogen and oxygen atoms in total. The third kappa shape index (κ3) is 84.2. The quantitative estimate of drug-likeness (QED) is 0.357. The van der Waals surface area contributed by atoms with Gasteiger partial charge in [0.2, 0.25) is 0 Å². The monoisotopic (exact) mass is 190 g/mol. The van der Waals surface area contributed by atoms with Gasteiger partial charge in [0.05, 0.1) is 0 Å². The molecule has 36 valence electrons. The summed E-state index contributed by atoms with van der Waals surface area (Å²) in [5.74, 6) is 0. The molecule has 0 radical (unpaired) electrons. The van der Waals surface area contributed by atoms with Crippen molar-refractivity contribution in [2.75, 3.05) is 0 Å². The van der Waals surface area contributed by atoms with Crippen molar-refractivity contribution in [1.82, 2.24) is 0 Å². The van der Waals surface area contributed by atoms with E-state index in [-0.39, 0.29) is 143 Å². The second-order valence-corrected chi connectivity index (χ2v) is 0.750. The summed E-state index contributed by atoms with van der Waals surface area (Å²) in [5, 5.41) is 0. The summed E-state index contributed by atoms with van der Waals surface area (Å²) in [4.78, 5) is 17.0. The Kier molecular flexibility index (Phi) is 179. The van der Waals surface area contributed by atoms with Gasteiger partial charge in [-0.1, -0.05) is 0 Å². The zero-order valence-corrected chi connectivity index (χ0v) is 4.72. The Labute approximate surface area is 162 Å². The molecule has 0 rings (SSSR count). The molecule has 0 N–H and O–H groups in total. The maximum absolute atomic E-state index is 8.52. The molecule has 0 aliphatic heterocycles. The molecule has 0 aliphatic rings. The van der Waals surface area contributed by atoms with Crippen LogP contribution < -0.4 is 47.3 Å². The topological polar surface area (TPSA) is 63.2 Å². The van der Waals surface area contributed by atoms with E-state index in [1.807, 2.05) is 0 Å². The van der Waals surface area contributed by atoms with Crippen LogP contribution in [-0.2, 0) is 4.46 Å². The van der Waals surface area contributed by atoms with Crippen molar-refractivity contribution < 1.29 is 51.8 Å². The van der Waals surface area contributed by atoms with E-state index >= 15 is 0 Å². The van der Waals surface area contributed by atoms with Crippen molar-refractivity contribution in [3.05, 3.63) is 0 Å². The van der Waals surface area contributed by atoms with Crippen LogP contribution in [0.5, 0.6) is 0 Å². The van der Waals surface area contributed by atoms with Gasteiger partial charge in [0, 0.05) is 9.17 Å². The summed E-state index contributed by atoms with van der Waals surface area (Å²) in [5.41, 5.74) is 0. The molecular formula is H6Li2Mg2Na2O3Si. The van der Waals surface area contributed by atoms with E-state index < -0.39 is 9.17 Å². The van der Waals surface area contributed by atoms with Crippen LogP contribution >= 0.6 is 0 Å². The van der Waals surface area contributed by atoms with Gasteiger partial charge in [0.15, 0.2) is 0 Å². The van der Waals surface area contributed by atoms with Gasteiger partial charge in [0.1, 0.15) is 0 Å². The van der Waals surface area contributed by atoms with Crippen LogP contribution in [0.25, 0.3) is 0 Å². The third-order valence-electron chi connectivity index (χ3n) is 0. The van der Waals surface area contributed by atoms with Gasteiger partial charge < -0.3 is 14.1 Å². The van der Waals surface area contributed by atoms with E-state index in [1.54, 1.807) is 0 Å². The molecule has 0 unspecified atom stereocenters. The molecule has 0 atom stereocenters. The fraction of sp³-hybridized carbons (Fsp3) is 0. The van der Waals surface area contributed by atoms with E-state index in [4.69, 9.17) is 14.1 Å². The van der Waals surface area contributed by atoms with Crippen molar-refractivity contribution in [2.45, 2.75) is 0 Å². The first-order valence-electron chi connectivity index (χ1n) is 0.612. The maximum atomic E-state index is 8.52. The molecule has 0 aromatic carbocycles. The van der Waals surface area contributed by atoms with Crippen molar-refractivity contribution in [1.29, 1.82) is 0 Å². The molecule has 0 aromatic heterocycles. The van der Waals surface area contributed by atoms with Crippen LogP contribution in [0.4, 0.5) is 0 Å². The molecule has 0 amide bonds. The zero-order valence-electron chi connectivity index (χ0n) is 3.72. The minimum absolute atomic E-state index is 0. The van der Waals surface area contributed by atoms with E-state index in [0.717, 1.165) is 0 Å². The normalized spacial score (nSPS) is 2.40. The van der Waals surface area contributed by atoms with E-state index in [2.05, 4.69) is 0 Å². The third-order valence-corrected chi connectivity index (χ3v) is 0.